The van der Waals surface area contributed by atoms with Crippen LogP contribution in [0.25, 0.3) is 0 Å². The number of carbonyl (C=O) groups excluding carboxylic acids is 1. The SMILES string of the molecule is C[C@H]1[C@H](C)CCC[C@H]1NC(=O)CSc1nnc(COc2ccccc2Cl)o1. The van der Waals surface area contributed by atoms with Crippen LogP contribution in [0.2, 0.25) is 5.02 Å². The first-order valence-electron chi connectivity index (χ1n) is 9.15. The third kappa shape index (κ3) is 5.62. The van der Waals surface area contributed by atoms with Gasteiger partial charge in [-0.15, -0.1) is 10.2 Å². The van der Waals surface area contributed by atoms with Crippen molar-refractivity contribution in [1.82, 2.24) is 15.5 Å². The van der Waals surface area contributed by atoms with Gasteiger partial charge in [0, 0.05) is 6.04 Å². The molecular weight excluding hydrogens is 386 g/mol. The van der Waals surface area contributed by atoms with E-state index in [1.54, 1.807) is 12.1 Å². The van der Waals surface area contributed by atoms with Crippen LogP contribution in [0, 0.1) is 11.8 Å². The van der Waals surface area contributed by atoms with Gasteiger partial charge in [0.05, 0.1) is 10.8 Å². The van der Waals surface area contributed by atoms with E-state index in [0.717, 1.165) is 6.42 Å². The first-order chi connectivity index (χ1) is 13.0. The molecule has 0 unspecified atom stereocenters. The van der Waals surface area contributed by atoms with Crippen LogP contribution in [0.15, 0.2) is 33.9 Å². The molecule has 1 fully saturated rings. The van der Waals surface area contributed by atoms with E-state index in [1.165, 1.54) is 24.6 Å². The van der Waals surface area contributed by atoms with Crippen LogP contribution >= 0.6 is 23.4 Å². The average Bonchev–Trinajstić information content (AvgIpc) is 3.11. The second-order valence-electron chi connectivity index (χ2n) is 6.91. The van der Waals surface area contributed by atoms with Crippen LogP contribution < -0.4 is 10.1 Å². The third-order valence-electron chi connectivity index (χ3n) is 5.02. The molecule has 0 radical (unpaired) electrons. The van der Waals surface area contributed by atoms with Crippen molar-refractivity contribution in [2.75, 3.05) is 5.75 Å². The van der Waals surface area contributed by atoms with Gasteiger partial charge in [-0.3, -0.25) is 4.79 Å². The third-order valence-corrected chi connectivity index (χ3v) is 6.15. The van der Waals surface area contributed by atoms with Crippen molar-refractivity contribution in [3.8, 4) is 5.75 Å². The molecule has 1 amide bonds. The molecule has 1 N–H and O–H groups in total. The van der Waals surface area contributed by atoms with Crippen LogP contribution in [0.3, 0.4) is 0 Å². The van der Waals surface area contributed by atoms with E-state index in [9.17, 15) is 4.79 Å². The highest BCUT2D eigenvalue weighted by Gasteiger charge is 2.28. The minimum absolute atomic E-state index is 0.00184. The maximum Gasteiger partial charge on any atom is 0.277 e. The summed E-state index contributed by atoms with van der Waals surface area (Å²) in [5, 5.41) is 11.9. The summed E-state index contributed by atoms with van der Waals surface area (Å²) in [6.07, 6.45) is 3.46. The Kier molecular flexibility index (Phi) is 7.01. The van der Waals surface area contributed by atoms with Crippen molar-refractivity contribution >= 4 is 29.3 Å². The number of rotatable bonds is 7. The molecule has 1 aliphatic rings. The summed E-state index contributed by atoms with van der Waals surface area (Å²) in [5.74, 6) is 2.30. The predicted molar refractivity (Wildman–Crippen MR) is 105 cm³/mol. The Morgan fingerprint density at radius 1 is 1.33 bits per heavy atom. The smallest absolute Gasteiger partial charge is 0.277 e. The minimum Gasteiger partial charge on any atom is -0.482 e. The van der Waals surface area contributed by atoms with E-state index < -0.39 is 0 Å². The standard InChI is InChI=1S/C19H24ClN3O3S/c1-12-6-5-8-15(13(12)2)21-17(24)11-27-19-23-22-18(26-19)10-25-16-9-4-3-7-14(16)20/h3-4,7,9,12-13,15H,5-6,8,10-11H2,1-2H3,(H,21,24)/t12-,13+,15-/m1/s1. The summed E-state index contributed by atoms with van der Waals surface area (Å²) < 4.78 is 11.1. The second kappa shape index (κ2) is 9.46. The van der Waals surface area contributed by atoms with Gasteiger partial charge in [-0.25, -0.2) is 0 Å². The summed E-state index contributed by atoms with van der Waals surface area (Å²) in [7, 11) is 0. The number of halogens is 1. The van der Waals surface area contributed by atoms with E-state index in [4.69, 9.17) is 20.8 Å². The van der Waals surface area contributed by atoms with E-state index in [2.05, 4.69) is 29.4 Å². The van der Waals surface area contributed by atoms with Gasteiger partial charge in [0.2, 0.25) is 5.91 Å². The van der Waals surface area contributed by atoms with Gasteiger partial charge in [0.25, 0.3) is 11.1 Å². The Morgan fingerprint density at radius 2 is 2.15 bits per heavy atom. The molecular formula is C19H24ClN3O3S. The minimum atomic E-state index is -0.00184. The molecule has 0 bridgehead atoms. The number of thioether (sulfide) groups is 1. The molecule has 1 aromatic carbocycles. The monoisotopic (exact) mass is 409 g/mol. The molecule has 1 aliphatic carbocycles. The van der Waals surface area contributed by atoms with Crippen LogP contribution in [0.4, 0.5) is 0 Å². The lowest BCUT2D eigenvalue weighted by atomic mass is 9.78. The quantitative estimate of drug-likeness (QED) is 0.685. The van der Waals surface area contributed by atoms with Gasteiger partial charge in [-0.1, -0.05) is 62.2 Å². The normalized spacial score (nSPS) is 22.4. The Labute approximate surface area is 168 Å². The number of ether oxygens (including phenoxy) is 1. The lowest BCUT2D eigenvalue weighted by Gasteiger charge is -2.34. The van der Waals surface area contributed by atoms with E-state index in [0.29, 0.717) is 33.7 Å². The molecule has 2 aromatic rings. The maximum atomic E-state index is 12.2. The number of benzene rings is 1. The molecule has 1 saturated carbocycles. The molecule has 1 aromatic heterocycles. The van der Waals surface area contributed by atoms with Gasteiger partial charge < -0.3 is 14.5 Å². The van der Waals surface area contributed by atoms with Gasteiger partial charge in [-0.2, -0.15) is 0 Å². The summed E-state index contributed by atoms with van der Waals surface area (Å²) in [6.45, 7) is 4.59. The molecule has 8 heteroatoms. The number of hydrogen-bond acceptors (Lipinski definition) is 6. The van der Waals surface area contributed by atoms with Crippen LogP contribution in [0.5, 0.6) is 5.75 Å². The molecule has 3 rings (SSSR count). The molecule has 3 atom stereocenters. The average molecular weight is 410 g/mol. The lowest BCUT2D eigenvalue weighted by Crippen LogP contribution is -2.44. The number of nitrogens with one attached hydrogen (secondary N) is 1. The van der Waals surface area contributed by atoms with E-state index in [1.807, 2.05) is 12.1 Å². The number of hydrogen-bond donors (Lipinski definition) is 1. The van der Waals surface area contributed by atoms with Gasteiger partial charge >= 0.3 is 0 Å². The largest absolute Gasteiger partial charge is 0.482 e. The number of amides is 1. The molecule has 0 saturated heterocycles. The zero-order chi connectivity index (χ0) is 19.2. The summed E-state index contributed by atoms with van der Waals surface area (Å²) in [4.78, 5) is 12.2. The first-order valence-corrected chi connectivity index (χ1v) is 10.5. The number of aromatic nitrogens is 2. The molecule has 0 spiro atoms. The summed E-state index contributed by atoms with van der Waals surface area (Å²) >= 11 is 7.27. The highest BCUT2D eigenvalue weighted by atomic mass is 35.5. The number of nitrogens with zero attached hydrogens (tertiary/aromatic N) is 2. The van der Waals surface area contributed by atoms with E-state index >= 15 is 0 Å². The van der Waals surface area contributed by atoms with Crippen LogP contribution in [0.1, 0.15) is 39.0 Å². The van der Waals surface area contributed by atoms with Crippen molar-refractivity contribution in [3.05, 3.63) is 35.2 Å². The summed E-state index contributed by atoms with van der Waals surface area (Å²) in [6, 6.07) is 7.44. The highest BCUT2D eigenvalue weighted by Crippen LogP contribution is 2.29. The molecule has 146 valence electrons. The fraction of sp³-hybridized carbons (Fsp3) is 0.526. The molecule has 27 heavy (non-hydrogen) atoms. The molecule has 6 nitrogen and oxygen atoms in total. The van der Waals surface area contributed by atoms with Crippen molar-refractivity contribution < 1.29 is 13.9 Å². The maximum absolute atomic E-state index is 12.2. The fourth-order valence-electron chi connectivity index (χ4n) is 3.22. The number of carbonyl (C=O) groups is 1. The zero-order valence-corrected chi connectivity index (χ0v) is 17.1. The first kappa shape index (κ1) is 20.0. The Hall–Kier alpha value is -1.73. The van der Waals surface area contributed by atoms with Crippen LogP contribution in [-0.2, 0) is 11.4 Å². The highest BCUT2D eigenvalue weighted by molar-refractivity contribution is 7.99. The van der Waals surface area contributed by atoms with Gasteiger partial charge in [0.15, 0.2) is 6.61 Å². The topological polar surface area (TPSA) is 77.2 Å². The fourth-order valence-corrected chi connectivity index (χ4v) is 4.00. The van der Waals surface area contributed by atoms with Gasteiger partial charge in [-0.05, 0) is 30.4 Å². The Bertz CT molecular complexity index is 770. The van der Waals surface area contributed by atoms with Crippen molar-refractivity contribution in [2.24, 2.45) is 11.8 Å². The molecule has 0 aliphatic heterocycles. The van der Waals surface area contributed by atoms with E-state index in [-0.39, 0.29) is 24.3 Å². The lowest BCUT2D eigenvalue weighted by molar-refractivity contribution is -0.120. The molecule has 1 heterocycles. The second-order valence-corrected chi connectivity index (χ2v) is 8.24. The van der Waals surface area contributed by atoms with Crippen molar-refractivity contribution in [2.45, 2.75) is 51.0 Å². The van der Waals surface area contributed by atoms with Crippen LogP contribution in [-0.4, -0.2) is 27.9 Å². The predicted octanol–water partition coefficient (Wildman–Crippen LogP) is 4.34. The Balaban J connectivity index is 1.44. The zero-order valence-electron chi connectivity index (χ0n) is 15.5. The van der Waals surface area contributed by atoms with Gasteiger partial charge in [0.1, 0.15) is 5.75 Å². The van der Waals surface area contributed by atoms with Crippen molar-refractivity contribution in [3.63, 3.8) is 0 Å². The Morgan fingerprint density at radius 3 is 2.96 bits per heavy atom. The van der Waals surface area contributed by atoms with Crippen molar-refractivity contribution in [1.29, 1.82) is 0 Å². The summed E-state index contributed by atoms with van der Waals surface area (Å²) in [5.41, 5.74) is 0. The number of para-hydroxylation sites is 1.